The second-order valence-corrected chi connectivity index (χ2v) is 5.50. The van der Waals surface area contributed by atoms with Crippen LogP contribution in [0.4, 0.5) is 0 Å². The predicted molar refractivity (Wildman–Crippen MR) is 69.2 cm³/mol. The summed E-state index contributed by atoms with van der Waals surface area (Å²) >= 11 is 0. The number of nitrogens with one attached hydrogen (secondary N) is 1. The smallest absolute Gasteiger partial charge is 0.0724 e. The van der Waals surface area contributed by atoms with Crippen LogP contribution in [0.1, 0.15) is 51.4 Å². The zero-order valence-electron chi connectivity index (χ0n) is 11.3. The zero-order chi connectivity index (χ0) is 12.1. The molecule has 2 saturated carbocycles. The predicted octanol–water partition coefficient (Wildman–Crippen LogP) is 2.49. The summed E-state index contributed by atoms with van der Waals surface area (Å²) in [5.74, 6) is 0. The third-order valence-electron chi connectivity index (χ3n) is 4.44. The van der Waals surface area contributed by atoms with E-state index in [-0.39, 0.29) is 0 Å². The Kier molecular flexibility index (Phi) is 5.26. The van der Waals surface area contributed by atoms with E-state index in [4.69, 9.17) is 9.47 Å². The van der Waals surface area contributed by atoms with Gasteiger partial charge in [-0.3, -0.25) is 0 Å². The zero-order valence-corrected chi connectivity index (χ0v) is 11.3. The van der Waals surface area contributed by atoms with Crippen LogP contribution >= 0.6 is 0 Å². The lowest BCUT2D eigenvalue weighted by Crippen LogP contribution is -2.53. The molecule has 3 nitrogen and oxygen atoms in total. The van der Waals surface area contributed by atoms with Gasteiger partial charge in [0.25, 0.3) is 0 Å². The molecule has 0 amide bonds. The molecule has 1 N–H and O–H groups in total. The molecule has 0 aromatic carbocycles. The Morgan fingerprint density at radius 1 is 0.706 bits per heavy atom. The van der Waals surface area contributed by atoms with Crippen molar-refractivity contribution >= 4 is 0 Å². The largest absolute Gasteiger partial charge is 0.380 e. The van der Waals surface area contributed by atoms with E-state index < -0.39 is 0 Å². The van der Waals surface area contributed by atoms with Crippen LogP contribution in [0.3, 0.4) is 0 Å². The maximum Gasteiger partial charge on any atom is 0.0724 e. The first kappa shape index (κ1) is 13.3. The molecule has 2 aliphatic rings. The molecule has 0 aliphatic heterocycles. The van der Waals surface area contributed by atoms with Crippen molar-refractivity contribution in [3.8, 4) is 0 Å². The van der Waals surface area contributed by atoms with Crippen molar-refractivity contribution < 1.29 is 9.47 Å². The van der Waals surface area contributed by atoms with Crippen LogP contribution in [0.25, 0.3) is 0 Å². The van der Waals surface area contributed by atoms with Gasteiger partial charge in [-0.05, 0) is 25.7 Å². The molecule has 0 saturated heterocycles. The van der Waals surface area contributed by atoms with E-state index in [1.807, 2.05) is 14.2 Å². The normalized spacial score (nSPS) is 39.2. The minimum Gasteiger partial charge on any atom is -0.380 e. The van der Waals surface area contributed by atoms with Crippen LogP contribution in [0.5, 0.6) is 0 Å². The molecule has 0 aromatic rings. The highest BCUT2D eigenvalue weighted by Crippen LogP contribution is 2.25. The fourth-order valence-electron chi connectivity index (χ4n) is 3.41. The Morgan fingerprint density at radius 3 is 1.53 bits per heavy atom. The topological polar surface area (TPSA) is 30.5 Å². The highest BCUT2D eigenvalue weighted by Gasteiger charge is 2.31. The molecule has 4 unspecified atom stereocenters. The molecule has 2 aliphatic carbocycles. The molecule has 0 heterocycles. The van der Waals surface area contributed by atoms with Gasteiger partial charge in [-0.1, -0.05) is 25.7 Å². The SMILES string of the molecule is COC1CCCCC1NC1CCCCC1OC. The lowest BCUT2D eigenvalue weighted by atomic mass is 9.88. The maximum absolute atomic E-state index is 5.61. The number of hydrogen-bond donors (Lipinski definition) is 1. The minimum absolute atomic E-state index is 0.406. The quantitative estimate of drug-likeness (QED) is 0.820. The van der Waals surface area contributed by atoms with Gasteiger partial charge in [-0.25, -0.2) is 0 Å². The molecular formula is C14H27NO2. The van der Waals surface area contributed by atoms with Crippen LogP contribution in [-0.2, 0) is 9.47 Å². The molecule has 100 valence electrons. The Labute approximate surface area is 105 Å². The Morgan fingerprint density at radius 2 is 1.12 bits per heavy atom. The molecule has 3 heteroatoms. The van der Waals surface area contributed by atoms with E-state index >= 15 is 0 Å². The van der Waals surface area contributed by atoms with Crippen molar-refractivity contribution in [2.45, 2.75) is 75.7 Å². The van der Waals surface area contributed by atoms with Gasteiger partial charge >= 0.3 is 0 Å². The van der Waals surface area contributed by atoms with E-state index in [0.29, 0.717) is 24.3 Å². The van der Waals surface area contributed by atoms with Gasteiger partial charge in [-0.15, -0.1) is 0 Å². The summed E-state index contributed by atoms with van der Waals surface area (Å²) in [6.45, 7) is 0. The number of rotatable bonds is 4. The van der Waals surface area contributed by atoms with E-state index in [2.05, 4.69) is 5.32 Å². The Hall–Kier alpha value is -0.120. The molecule has 0 spiro atoms. The third-order valence-corrected chi connectivity index (χ3v) is 4.44. The van der Waals surface area contributed by atoms with Crippen molar-refractivity contribution in [3.05, 3.63) is 0 Å². The first-order valence-corrected chi connectivity index (χ1v) is 7.16. The summed E-state index contributed by atoms with van der Waals surface area (Å²) in [7, 11) is 3.69. The van der Waals surface area contributed by atoms with Gasteiger partial charge in [0, 0.05) is 26.3 Å². The standard InChI is InChI=1S/C14H27NO2/c1-16-13-9-5-3-7-11(13)15-12-8-4-6-10-14(12)17-2/h11-15H,3-10H2,1-2H3. The van der Waals surface area contributed by atoms with Gasteiger partial charge in [-0.2, -0.15) is 0 Å². The van der Waals surface area contributed by atoms with E-state index in [9.17, 15) is 0 Å². The molecule has 2 rings (SSSR count). The molecule has 0 radical (unpaired) electrons. The fraction of sp³-hybridized carbons (Fsp3) is 1.00. The Balaban J connectivity index is 1.88. The lowest BCUT2D eigenvalue weighted by Gasteiger charge is -2.38. The maximum atomic E-state index is 5.61. The summed E-state index contributed by atoms with van der Waals surface area (Å²) in [6.07, 6.45) is 11.0. The van der Waals surface area contributed by atoms with Crippen LogP contribution in [0, 0.1) is 0 Å². The fourth-order valence-corrected chi connectivity index (χ4v) is 3.41. The molecule has 17 heavy (non-hydrogen) atoms. The third kappa shape index (κ3) is 3.43. The summed E-state index contributed by atoms with van der Waals surface area (Å²) in [6, 6.07) is 1.07. The van der Waals surface area contributed by atoms with Gasteiger partial charge in [0.1, 0.15) is 0 Å². The van der Waals surface area contributed by atoms with Gasteiger partial charge in [0.15, 0.2) is 0 Å². The number of methoxy groups -OCH3 is 2. The minimum atomic E-state index is 0.406. The van der Waals surface area contributed by atoms with E-state index in [0.717, 1.165) is 0 Å². The molecule has 0 aromatic heterocycles. The summed E-state index contributed by atoms with van der Waals surface area (Å²) < 4.78 is 11.2. The molecular weight excluding hydrogens is 214 g/mol. The lowest BCUT2D eigenvalue weighted by molar-refractivity contribution is 0.00392. The first-order chi connectivity index (χ1) is 8.35. The van der Waals surface area contributed by atoms with E-state index in [1.54, 1.807) is 0 Å². The molecule has 0 bridgehead atoms. The molecule has 4 atom stereocenters. The summed E-state index contributed by atoms with van der Waals surface area (Å²) in [5.41, 5.74) is 0. The highest BCUT2D eigenvalue weighted by atomic mass is 16.5. The van der Waals surface area contributed by atoms with Crippen molar-refractivity contribution in [2.24, 2.45) is 0 Å². The first-order valence-electron chi connectivity index (χ1n) is 7.16. The van der Waals surface area contributed by atoms with E-state index in [1.165, 1.54) is 51.4 Å². The Bertz CT molecular complexity index is 200. The van der Waals surface area contributed by atoms with Crippen molar-refractivity contribution in [3.63, 3.8) is 0 Å². The monoisotopic (exact) mass is 241 g/mol. The average molecular weight is 241 g/mol. The number of hydrogen-bond acceptors (Lipinski definition) is 3. The van der Waals surface area contributed by atoms with Crippen molar-refractivity contribution in [1.82, 2.24) is 5.32 Å². The van der Waals surface area contributed by atoms with Crippen molar-refractivity contribution in [1.29, 1.82) is 0 Å². The van der Waals surface area contributed by atoms with Gasteiger partial charge < -0.3 is 14.8 Å². The summed E-state index contributed by atoms with van der Waals surface area (Å²) in [5, 5.41) is 3.81. The van der Waals surface area contributed by atoms with Crippen LogP contribution in [-0.4, -0.2) is 38.5 Å². The second kappa shape index (κ2) is 6.72. The highest BCUT2D eigenvalue weighted by molar-refractivity contribution is 4.89. The molecule has 2 fully saturated rings. The second-order valence-electron chi connectivity index (χ2n) is 5.50. The van der Waals surface area contributed by atoms with Crippen LogP contribution < -0.4 is 5.32 Å². The van der Waals surface area contributed by atoms with Gasteiger partial charge in [0.05, 0.1) is 12.2 Å². The van der Waals surface area contributed by atoms with Crippen molar-refractivity contribution in [2.75, 3.05) is 14.2 Å². The van der Waals surface area contributed by atoms with Crippen LogP contribution in [0.2, 0.25) is 0 Å². The number of ether oxygens (including phenoxy) is 2. The van der Waals surface area contributed by atoms with Crippen LogP contribution in [0.15, 0.2) is 0 Å². The van der Waals surface area contributed by atoms with Gasteiger partial charge in [0.2, 0.25) is 0 Å². The summed E-state index contributed by atoms with van der Waals surface area (Å²) in [4.78, 5) is 0. The average Bonchev–Trinajstić information content (AvgIpc) is 2.40.